The van der Waals surface area contributed by atoms with E-state index in [0.717, 1.165) is 26.6 Å². The van der Waals surface area contributed by atoms with Gasteiger partial charge in [-0.2, -0.15) is 0 Å². The molecule has 0 radical (unpaired) electrons. The summed E-state index contributed by atoms with van der Waals surface area (Å²) in [7, 11) is 1.82. The third-order valence-corrected chi connectivity index (χ3v) is 5.99. The molecule has 6 heteroatoms. The van der Waals surface area contributed by atoms with Crippen molar-refractivity contribution in [3.05, 3.63) is 33.4 Å². The molecular weight excluding hydrogens is 368 g/mol. The van der Waals surface area contributed by atoms with Crippen LogP contribution in [0.3, 0.4) is 0 Å². The second kappa shape index (κ2) is 4.91. The first-order chi connectivity index (χ1) is 10.5. The maximum Gasteiger partial charge on any atom is 0.237 e. The van der Waals surface area contributed by atoms with E-state index in [4.69, 9.17) is 16.3 Å². The number of pyridine rings is 1. The Hall–Kier alpha value is -1.17. The molecule has 1 aromatic heterocycles. The Labute approximate surface area is 141 Å². The molecule has 2 aromatic rings. The molecule has 1 amide bonds. The first-order valence-electron chi connectivity index (χ1n) is 7.19. The highest BCUT2D eigenvalue weighted by atomic mass is 79.9. The molecule has 0 atom stereocenters. The average Bonchev–Trinajstić information content (AvgIpc) is 2.72. The van der Waals surface area contributed by atoms with E-state index in [2.05, 4.69) is 20.9 Å². The largest absolute Gasteiger partial charge is 0.381 e. The van der Waals surface area contributed by atoms with Gasteiger partial charge in [0.1, 0.15) is 0 Å². The van der Waals surface area contributed by atoms with Crippen LogP contribution < -0.4 is 4.90 Å². The van der Waals surface area contributed by atoms with Gasteiger partial charge in [0.25, 0.3) is 0 Å². The lowest BCUT2D eigenvalue weighted by molar-refractivity contribution is -0.126. The van der Waals surface area contributed by atoms with Crippen LogP contribution in [-0.2, 0) is 14.9 Å². The van der Waals surface area contributed by atoms with Crippen LogP contribution in [0.25, 0.3) is 10.9 Å². The molecule has 1 saturated heterocycles. The minimum absolute atomic E-state index is 0.145. The number of aromatic nitrogens is 1. The third kappa shape index (κ3) is 1.79. The zero-order valence-electron chi connectivity index (χ0n) is 12.0. The van der Waals surface area contributed by atoms with Gasteiger partial charge in [0.05, 0.1) is 27.8 Å². The van der Waals surface area contributed by atoms with E-state index in [-0.39, 0.29) is 5.91 Å². The van der Waals surface area contributed by atoms with Crippen molar-refractivity contribution in [3.8, 4) is 0 Å². The highest BCUT2D eigenvalue weighted by molar-refractivity contribution is 9.10. The monoisotopic (exact) mass is 380 g/mol. The van der Waals surface area contributed by atoms with Crippen molar-refractivity contribution in [3.63, 3.8) is 0 Å². The Morgan fingerprint density at radius 2 is 2.09 bits per heavy atom. The van der Waals surface area contributed by atoms with Gasteiger partial charge in [0.15, 0.2) is 0 Å². The van der Waals surface area contributed by atoms with Gasteiger partial charge in [0.2, 0.25) is 5.91 Å². The fourth-order valence-corrected chi connectivity index (χ4v) is 4.16. The number of ether oxygens (including phenoxy) is 1. The molecule has 0 saturated carbocycles. The zero-order valence-corrected chi connectivity index (χ0v) is 14.4. The summed E-state index contributed by atoms with van der Waals surface area (Å²) in [5.41, 5.74) is 2.30. The fourth-order valence-electron chi connectivity index (χ4n) is 3.65. The van der Waals surface area contributed by atoms with E-state index >= 15 is 0 Å². The van der Waals surface area contributed by atoms with E-state index < -0.39 is 5.41 Å². The van der Waals surface area contributed by atoms with Crippen LogP contribution in [0.5, 0.6) is 0 Å². The van der Waals surface area contributed by atoms with E-state index in [1.54, 1.807) is 11.1 Å². The summed E-state index contributed by atoms with van der Waals surface area (Å²) in [5, 5.41) is 1.62. The Bertz CT molecular complexity index is 802. The van der Waals surface area contributed by atoms with Gasteiger partial charge >= 0.3 is 0 Å². The molecule has 0 aliphatic carbocycles. The Morgan fingerprint density at radius 1 is 1.36 bits per heavy atom. The lowest BCUT2D eigenvalue weighted by Gasteiger charge is -2.32. The molecular formula is C16H14BrClN2O2. The minimum Gasteiger partial charge on any atom is -0.381 e. The smallest absolute Gasteiger partial charge is 0.237 e. The van der Waals surface area contributed by atoms with Gasteiger partial charge in [-0.1, -0.05) is 11.6 Å². The maximum absolute atomic E-state index is 12.9. The number of rotatable bonds is 0. The third-order valence-electron chi connectivity index (χ3n) is 4.79. The van der Waals surface area contributed by atoms with Crippen LogP contribution in [0.4, 0.5) is 5.69 Å². The Morgan fingerprint density at radius 3 is 2.82 bits per heavy atom. The van der Waals surface area contributed by atoms with Crippen LogP contribution in [0.15, 0.2) is 22.8 Å². The molecule has 0 N–H and O–H groups in total. The Balaban J connectivity index is 2.07. The number of amides is 1. The molecule has 4 nitrogen and oxygen atoms in total. The number of hydrogen-bond acceptors (Lipinski definition) is 3. The van der Waals surface area contributed by atoms with Gasteiger partial charge in [-0.15, -0.1) is 0 Å². The van der Waals surface area contributed by atoms with Crippen LogP contribution in [0, 0.1) is 0 Å². The number of carbonyl (C=O) groups excluding carboxylic acids is 1. The van der Waals surface area contributed by atoms with Crippen molar-refractivity contribution >= 4 is 50.0 Å². The predicted octanol–water partition coefficient (Wildman–Crippen LogP) is 3.68. The molecule has 1 fully saturated rings. The van der Waals surface area contributed by atoms with Crippen molar-refractivity contribution in [2.24, 2.45) is 0 Å². The number of fused-ring (bicyclic) bond motifs is 4. The second-order valence-electron chi connectivity index (χ2n) is 5.86. The molecule has 1 spiro atoms. The van der Waals surface area contributed by atoms with Crippen molar-refractivity contribution in [1.29, 1.82) is 0 Å². The Kier molecular flexibility index (Phi) is 3.22. The second-order valence-corrected chi connectivity index (χ2v) is 7.12. The summed E-state index contributed by atoms with van der Waals surface area (Å²) in [6.07, 6.45) is 3.20. The topological polar surface area (TPSA) is 42.4 Å². The molecule has 22 heavy (non-hydrogen) atoms. The zero-order chi connectivity index (χ0) is 15.5. The van der Waals surface area contributed by atoms with Crippen molar-refractivity contribution in [1.82, 2.24) is 4.98 Å². The number of anilines is 1. The summed E-state index contributed by atoms with van der Waals surface area (Å²) in [4.78, 5) is 19.2. The van der Waals surface area contributed by atoms with Crippen molar-refractivity contribution in [2.45, 2.75) is 18.3 Å². The van der Waals surface area contributed by atoms with Crippen LogP contribution in [-0.4, -0.2) is 31.2 Å². The SMILES string of the molecule is CN1C(=O)C2(CCOCC2)c2c1cnc1cc(Cl)c(Br)cc21. The molecule has 0 unspecified atom stereocenters. The summed E-state index contributed by atoms with van der Waals surface area (Å²) in [6, 6.07) is 3.82. The molecule has 1 aromatic carbocycles. The molecule has 4 rings (SSSR count). The van der Waals surface area contributed by atoms with Crippen molar-refractivity contribution in [2.75, 3.05) is 25.2 Å². The van der Waals surface area contributed by atoms with E-state index in [0.29, 0.717) is 31.1 Å². The number of nitrogens with zero attached hydrogens (tertiary/aromatic N) is 2. The van der Waals surface area contributed by atoms with Gasteiger partial charge < -0.3 is 9.64 Å². The first-order valence-corrected chi connectivity index (χ1v) is 8.36. The summed E-state index contributed by atoms with van der Waals surface area (Å²) in [5.74, 6) is 0.145. The summed E-state index contributed by atoms with van der Waals surface area (Å²) in [6.45, 7) is 1.22. The fraction of sp³-hybridized carbons (Fsp3) is 0.375. The molecule has 3 heterocycles. The molecule has 2 aliphatic rings. The average molecular weight is 382 g/mol. The van der Waals surface area contributed by atoms with Crippen LogP contribution in [0.2, 0.25) is 5.02 Å². The number of likely N-dealkylation sites (N-methyl/N-ethyl adjacent to an activating group) is 1. The predicted molar refractivity (Wildman–Crippen MR) is 89.6 cm³/mol. The van der Waals surface area contributed by atoms with Crippen LogP contribution >= 0.6 is 27.5 Å². The highest BCUT2D eigenvalue weighted by Gasteiger charge is 2.51. The number of benzene rings is 1. The molecule has 0 bridgehead atoms. The highest BCUT2D eigenvalue weighted by Crippen LogP contribution is 2.50. The van der Waals surface area contributed by atoms with Crippen LogP contribution in [0.1, 0.15) is 18.4 Å². The normalized spacial score (nSPS) is 20.0. The maximum atomic E-state index is 12.9. The quantitative estimate of drug-likeness (QED) is 0.699. The lowest BCUT2D eigenvalue weighted by atomic mass is 9.74. The van der Waals surface area contributed by atoms with Gasteiger partial charge in [-0.05, 0) is 40.9 Å². The van der Waals surface area contributed by atoms with E-state index in [1.807, 2.05) is 19.2 Å². The number of hydrogen-bond donors (Lipinski definition) is 0. The molecule has 2 aliphatic heterocycles. The minimum atomic E-state index is -0.489. The van der Waals surface area contributed by atoms with E-state index in [1.165, 1.54) is 0 Å². The first kappa shape index (κ1) is 14.4. The lowest BCUT2D eigenvalue weighted by Crippen LogP contribution is -2.43. The summed E-state index contributed by atoms with van der Waals surface area (Å²) < 4.78 is 6.31. The number of carbonyl (C=O) groups is 1. The number of halogens is 2. The van der Waals surface area contributed by atoms with Gasteiger partial charge in [0, 0.05) is 35.7 Å². The van der Waals surface area contributed by atoms with E-state index in [9.17, 15) is 4.79 Å². The van der Waals surface area contributed by atoms with Gasteiger partial charge in [-0.3, -0.25) is 9.78 Å². The van der Waals surface area contributed by atoms with Crippen molar-refractivity contribution < 1.29 is 9.53 Å². The summed E-state index contributed by atoms with van der Waals surface area (Å²) >= 11 is 9.67. The standard InChI is InChI=1S/C16H14BrClN2O2/c1-20-13-8-19-12-7-11(18)10(17)6-9(12)14(13)16(15(20)21)2-4-22-5-3-16/h6-8H,2-5H2,1H3. The van der Waals surface area contributed by atoms with Gasteiger partial charge in [-0.25, -0.2) is 0 Å². The molecule has 114 valence electrons.